The second kappa shape index (κ2) is 6.15. The second-order valence-electron chi connectivity index (χ2n) is 7.73. The van der Waals surface area contributed by atoms with Crippen LogP contribution in [-0.4, -0.2) is 11.0 Å². The molecule has 24 heavy (non-hydrogen) atoms. The predicted octanol–water partition coefficient (Wildman–Crippen LogP) is 5.02. The van der Waals surface area contributed by atoms with Crippen molar-refractivity contribution in [3.8, 4) is 0 Å². The van der Waals surface area contributed by atoms with E-state index in [4.69, 9.17) is 35.4 Å². The van der Waals surface area contributed by atoms with Crippen molar-refractivity contribution in [1.29, 1.82) is 0 Å². The minimum atomic E-state index is -0.210. The van der Waals surface area contributed by atoms with E-state index in [0.717, 1.165) is 37.0 Å². The van der Waals surface area contributed by atoms with Gasteiger partial charge in [0, 0.05) is 5.02 Å². The molecule has 4 aliphatic carbocycles. The van der Waals surface area contributed by atoms with Crippen molar-refractivity contribution in [2.24, 2.45) is 23.2 Å². The van der Waals surface area contributed by atoms with E-state index in [1.807, 2.05) is 0 Å². The number of thiocarbonyl (C=S) groups is 1. The van der Waals surface area contributed by atoms with Crippen LogP contribution in [0.2, 0.25) is 10.0 Å². The van der Waals surface area contributed by atoms with Gasteiger partial charge in [-0.3, -0.25) is 4.79 Å². The first-order valence-electron chi connectivity index (χ1n) is 8.51. The zero-order chi connectivity index (χ0) is 16.9. The van der Waals surface area contributed by atoms with Crippen LogP contribution in [-0.2, 0) is 4.79 Å². The molecule has 1 amide bonds. The third-order valence-electron chi connectivity index (χ3n) is 5.92. The van der Waals surface area contributed by atoms with Gasteiger partial charge in [0.2, 0.25) is 5.91 Å². The number of amides is 1. The number of benzene rings is 1. The molecular weight excluding hydrogens is 363 g/mol. The average molecular weight is 383 g/mol. The van der Waals surface area contributed by atoms with Gasteiger partial charge in [0.25, 0.3) is 0 Å². The lowest BCUT2D eigenvalue weighted by Gasteiger charge is -2.55. The van der Waals surface area contributed by atoms with Crippen molar-refractivity contribution in [2.75, 3.05) is 5.32 Å². The summed E-state index contributed by atoms with van der Waals surface area (Å²) in [6, 6.07) is 5.12. The fourth-order valence-corrected chi connectivity index (χ4v) is 5.91. The lowest BCUT2D eigenvalue weighted by atomic mass is 9.49. The monoisotopic (exact) mass is 382 g/mol. The number of carbonyl (C=O) groups excluding carboxylic acids is 1. The van der Waals surface area contributed by atoms with Crippen LogP contribution in [0, 0.1) is 23.2 Å². The van der Waals surface area contributed by atoms with E-state index in [2.05, 4.69) is 10.6 Å². The third-order valence-corrected chi connectivity index (χ3v) is 6.69. The molecule has 4 fully saturated rings. The highest BCUT2D eigenvalue weighted by Crippen LogP contribution is 2.60. The number of nitrogens with one attached hydrogen (secondary N) is 2. The van der Waals surface area contributed by atoms with Gasteiger partial charge in [0.05, 0.1) is 16.1 Å². The lowest BCUT2D eigenvalue weighted by molar-refractivity contribution is -0.144. The largest absolute Gasteiger partial charge is 0.331 e. The summed E-state index contributed by atoms with van der Waals surface area (Å²) in [6.07, 6.45) is 7.00. The van der Waals surface area contributed by atoms with E-state index in [1.54, 1.807) is 18.2 Å². The van der Waals surface area contributed by atoms with E-state index in [-0.39, 0.29) is 11.3 Å². The van der Waals surface area contributed by atoms with Gasteiger partial charge in [-0.2, -0.15) is 0 Å². The molecule has 4 bridgehead atoms. The zero-order valence-corrected chi connectivity index (χ0v) is 15.6. The number of rotatable bonds is 2. The van der Waals surface area contributed by atoms with Crippen LogP contribution in [0.5, 0.6) is 0 Å². The molecule has 128 valence electrons. The number of halogens is 2. The highest BCUT2D eigenvalue weighted by molar-refractivity contribution is 7.80. The summed E-state index contributed by atoms with van der Waals surface area (Å²) in [4.78, 5) is 13.0. The van der Waals surface area contributed by atoms with Crippen molar-refractivity contribution < 1.29 is 4.79 Å². The smallest absolute Gasteiger partial charge is 0.232 e. The fraction of sp³-hybridized carbons (Fsp3) is 0.556. The van der Waals surface area contributed by atoms with Crippen molar-refractivity contribution in [1.82, 2.24) is 5.32 Å². The zero-order valence-electron chi connectivity index (χ0n) is 13.3. The summed E-state index contributed by atoms with van der Waals surface area (Å²) in [7, 11) is 0. The maximum absolute atomic E-state index is 13.0. The molecule has 4 saturated carbocycles. The molecule has 0 saturated heterocycles. The SMILES string of the molecule is O=C(NC(=S)Nc1cc(Cl)ccc1Cl)C12CC3CC(CC(C3)C1)C2. The van der Waals surface area contributed by atoms with E-state index >= 15 is 0 Å². The molecule has 0 unspecified atom stereocenters. The molecule has 1 aromatic carbocycles. The fourth-order valence-electron chi connectivity index (χ4n) is 5.37. The van der Waals surface area contributed by atoms with Crippen LogP contribution in [0.25, 0.3) is 0 Å². The van der Waals surface area contributed by atoms with E-state index in [1.165, 1.54) is 19.3 Å². The molecule has 0 atom stereocenters. The number of anilines is 1. The van der Waals surface area contributed by atoms with Crippen LogP contribution in [0.1, 0.15) is 38.5 Å². The first-order chi connectivity index (χ1) is 11.4. The summed E-state index contributed by atoms with van der Waals surface area (Å²) in [6.45, 7) is 0. The average Bonchev–Trinajstić information content (AvgIpc) is 2.49. The second-order valence-corrected chi connectivity index (χ2v) is 8.98. The van der Waals surface area contributed by atoms with Crippen LogP contribution in [0.4, 0.5) is 5.69 Å². The van der Waals surface area contributed by atoms with Gasteiger partial charge in [-0.1, -0.05) is 23.2 Å². The molecule has 3 nitrogen and oxygen atoms in total. The molecule has 6 heteroatoms. The molecule has 5 rings (SSSR count). The van der Waals surface area contributed by atoms with Gasteiger partial charge in [-0.15, -0.1) is 0 Å². The minimum Gasteiger partial charge on any atom is -0.331 e. The van der Waals surface area contributed by atoms with Crippen molar-refractivity contribution >= 4 is 52.1 Å². The van der Waals surface area contributed by atoms with Gasteiger partial charge >= 0.3 is 0 Å². The molecule has 1 aromatic rings. The summed E-state index contributed by atoms with van der Waals surface area (Å²) in [5.41, 5.74) is 0.401. The van der Waals surface area contributed by atoms with E-state index in [0.29, 0.717) is 20.8 Å². The molecule has 0 spiro atoms. The third kappa shape index (κ3) is 3.04. The van der Waals surface area contributed by atoms with Gasteiger partial charge in [0.1, 0.15) is 0 Å². The van der Waals surface area contributed by atoms with E-state index < -0.39 is 0 Å². The highest BCUT2D eigenvalue weighted by atomic mass is 35.5. The lowest BCUT2D eigenvalue weighted by Crippen LogP contribution is -2.55. The minimum absolute atomic E-state index is 0.0808. The number of hydrogen-bond acceptors (Lipinski definition) is 2. The normalized spacial score (nSPS) is 33.3. The van der Waals surface area contributed by atoms with Gasteiger partial charge in [0.15, 0.2) is 5.11 Å². The van der Waals surface area contributed by atoms with Crippen molar-refractivity contribution in [2.45, 2.75) is 38.5 Å². The van der Waals surface area contributed by atoms with Crippen LogP contribution >= 0.6 is 35.4 Å². The van der Waals surface area contributed by atoms with Gasteiger partial charge in [-0.25, -0.2) is 0 Å². The Morgan fingerprint density at radius 3 is 2.25 bits per heavy atom. The first-order valence-corrected chi connectivity index (χ1v) is 9.67. The predicted molar refractivity (Wildman–Crippen MR) is 101 cm³/mol. The topological polar surface area (TPSA) is 41.1 Å². The van der Waals surface area contributed by atoms with Crippen molar-refractivity contribution in [3.63, 3.8) is 0 Å². The Balaban J connectivity index is 1.44. The molecule has 0 aromatic heterocycles. The summed E-state index contributed by atoms with van der Waals surface area (Å²) >= 11 is 17.5. The maximum atomic E-state index is 13.0. The van der Waals surface area contributed by atoms with Gasteiger partial charge < -0.3 is 10.6 Å². The summed E-state index contributed by atoms with van der Waals surface area (Å²) in [5, 5.41) is 7.29. The maximum Gasteiger partial charge on any atom is 0.232 e. The Bertz CT molecular complexity index is 671. The van der Waals surface area contributed by atoms with Crippen molar-refractivity contribution in [3.05, 3.63) is 28.2 Å². The number of hydrogen-bond donors (Lipinski definition) is 2. The Kier molecular flexibility index (Phi) is 4.26. The Hall–Kier alpha value is -0.840. The summed E-state index contributed by atoms with van der Waals surface area (Å²) in [5.74, 6) is 2.26. The quantitative estimate of drug-likeness (QED) is 0.705. The number of carbonyl (C=O) groups is 1. The Labute approximate surface area is 157 Å². The summed E-state index contributed by atoms with van der Waals surface area (Å²) < 4.78 is 0. The van der Waals surface area contributed by atoms with Crippen LogP contribution in [0.3, 0.4) is 0 Å². The molecule has 0 aliphatic heterocycles. The van der Waals surface area contributed by atoms with E-state index in [9.17, 15) is 4.79 Å². The molecule has 2 N–H and O–H groups in total. The Morgan fingerprint density at radius 2 is 1.67 bits per heavy atom. The van der Waals surface area contributed by atoms with Gasteiger partial charge in [-0.05, 0) is 86.7 Å². The molecule has 0 radical (unpaired) electrons. The standard InChI is InChI=1S/C18H20Cl2N2OS/c19-13-1-2-14(20)15(6-13)21-17(24)22-16(23)18-7-10-3-11(8-18)5-12(4-10)9-18/h1-2,6,10-12H,3-5,7-9H2,(H2,21,22,23,24). The van der Waals surface area contributed by atoms with Crippen LogP contribution in [0.15, 0.2) is 18.2 Å². The Morgan fingerprint density at radius 1 is 1.08 bits per heavy atom. The van der Waals surface area contributed by atoms with Crippen LogP contribution < -0.4 is 10.6 Å². The molecular formula is C18H20Cl2N2OS. The highest BCUT2D eigenvalue weighted by Gasteiger charge is 2.54. The molecule has 0 heterocycles. The first kappa shape index (κ1) is 16.6. The molecule has 4 aliphatic rings.